The van der Waals surface area contributed by atoms with Gasteiger partial charge < -0.3 is 10.4 Å². The van der Waals surface area contributed by atoms with Crippen LogP contribution >= 0.6 is 0 Å². The fourth-order valence-electron chi connectivity index (χ4n) is 3.26. The number of carbonyl (C=O) groups is 2. The topological polar surface area (TPSA) is 66.4 Å². The van der Waals surface area contributed by atoms with E-state index in [4.69, 9.17) is 0 Å². The largest absolute Gasteiger partial charge is 0.481 e. The van der Waals surface area contributed by atoms with Gasteiger partial charge in [0, 0.05) is 5.69 Å². The zero-order chi connectivity index (χ0) is 13.4. The molecule has 1 aromatic rings. The van der Waals surface area contributed by atoms with E-state index in [9.17, 15) is 14.7 Å². The number of hydrogen-bond donors (Lipinski definition) is 2. The number of carboxylic acid groups (broad SMARTS) is 1. The lowest BCUT2D eigenvalue weighted by Crippen LogP contribution is -2.36. The van der Waals surface area contributed by atoms with Gasteiger partial charge in [-0.25, -0.2) is 0 Å². The van der Waals surface area contributed by atoms with Crippen LogP contribution in [-0.2, 0) is 9.59 Å². The number of aliphatic carboxylic acids is 1. The molecule has 0 saturated heterocycles. The highest BCUT2D eigenvalue weighted by atomic mass is 16.4. The summed E-state index contributed by atoms with van der Waals surface area (Å²) in [7, 11) is 0. The molecule has 2 N–H and O–H groups in total. The Labute approximate surface area is 111 Å². The first-order chi connectivity index (χ1) is 9.16. The van der Waals surface area contributed by atoms with Crippen molar-refractivity contribution in [3.05, 3.63) is 42.5 Å². The Bertz CT molecular complexity index is 538. The molecule has 1 amide bonds. The molecule has 4 nitrogen and oxygen atoms in total. The third kappa shape index (κ3) is 2.03. The highest BCUT2D eigenvalue weighted by Gasteiger charge is 2.51. The molecule has 3 rings (SSSR count). The molecule has 2 aliphatic carbocycles. The first-order valence-electron chi connectivity index (χ1n) is 6.44. The lowest BCUT2D eigenvalue weighted by molar-refractivity contribution is -0.146. The summed E-state index contributed by atoms with van der Waals surface area (Å²) < 4.78 is 0. The molecule has 19 heavy (non-hydrogen) atoms. The second-order valence-electron chi connectivity index (χ2n) is 5.19. The SMILES string of the molecule is O=C(O)[C@@H]1[C@H](C(=O)Nc2ccccc2)[C@H]2C=C[C@H]1C2. The maximum absolute atomic E-state index is 12.3. The van der Waals surface area contributed by atoms with Crippen LogP contribution in [0.1, 0.15) is 6.42 Å². The number of anilines is 1. The average Bonchev–Trinajstić information content (AvgIpc) is 2.99. The number of para-hydroxylation sites is 1. The van der Waals surface area contributed by atoms with E-state index < -0.39 is 17.8 Å². The number of rotatable bonds is 3. The van der Waals surface area contributed by atoms with Crippen LogP contribution in [0.4, 0.5) is 5.69 Å². The van der Waals surface area contributed by atoms with Crippen LogP contribution in [0.2, 0.25) is 0 Å². The molecular weight excluding hydrogens is 242 g/mol. The van der Waals surface area contributed by atoms with E-state index in [1.165, 1.54) is 0 Å². The van der Waals surface area contributed by atoms with E-state index in [2.05, 4.69) is 5.32 Å². The molecule has 1 fully saturated rings. The van der Waals surface area contributed by atoms with Crippen LogP contribution in [0, 0.1) is 23.7 Å². The van der Waals surface area contributed by atoms with Gasteiger partial charge >= 0.3 is 5.97 Å². The molecule has 0 radical (unpaired) electrons. The summed E-state index contributed by atoms with van der Waals surface area (Å²) in [6.07, 6.45) is 4.71. The van der Waals surface area contributed by atoms with Crippen molar-refractivity contribution in [2.24, 2.45) is 23.7 Å². The van der Waals surface area contributed by atoms with E-state index in [-0.39, 0.29) is 17.7 Å². The summed E-state index contributed by atoms with van der Waals surface area (Å²) in [4.78, 5) is 23.7. The van der Waals surface area contributed by atoms with Crippen LogP contribution in [0.3, 0.4) is 0 Å². The number of amides is 1. The lowest BCUT2D eigenvalue weighted by Gasteiger charge is -2.23. The third-order valence-electron chi connectivity index (χ3n) is 4.09. The number of hydrogen-bond acceptors (Lipinski definition) is 2. The van der Waals surface area contributed by atoms with Gasteiger partial charge in [-0.1, -0.05) is 30.4 Å². The normalized spacial score (nSPS) is 31.4. The molecule has 0 spiro atoms. The van der Waals surface area contributed by atoms with E-state index in [1.807, 2.05) is 30.4 Å². The molecule has 2 bridgehead atoms. The quantitative estimate of drug-likeness (QED) is 0.815. The minimum atomic E-state index is -0.870. The summed E-state index contributed by atoms with van der Waals surface area (Å²) >= 11 is 0. The second kappa shape index (κ2) is 4.53. The minimum absolute atomic E-state index is 0.00835. The molecule has 0 unspecified atom stereocenters. The Morgan fingerprint density at radius 1 is 1.05 bits per heavy atom. The van der Waals surface area contributed by atoms with Gasteiger partial charge in [0.1, 0.15) is 0 Å². The van der Waals surface area contributed by atoms with Gasteiger partial charge in [-0.15, -0.1) is 0 Å². The first-order valence-corrected chi connectivity index (χ1v) is 6.44. The number of benzene rings is 1. The highest BCUT2D eigenvalue weighted by molar-refractivity contribution is 5.96. The zero-order valence-electron chi connectivity index (χ0n) is 10.3. The second-order valence-corrected chi connectivity index (χ2v) is 5.19. The van der Waals surface area contributed by atoms with E-state index >= 15 is 0 Å². The van der Waals surface area contributed by atoms with Crippen molar-refractivity contribution >= 4 is 17.6 Å². The van der Waals surface area contributed by atoms with Crippen molar-refractivity contribution in [1.29, 1.82) is 0 Å². The summed E-state index contributed by atoms with van der Waals surface area (Å²) in [5.74, 6) is -2.02. The number of nitrogens with one attached hydrogen (secondary N) is 1. The summed E-state index contributed by atoms with van der Waals surface area (Å²) in [5, 5.41) is 12.1. The Kier molecular flexibility index (Phi) is 2.85. The lowest BCUT2D eigenvalue weighted by atomic mass is 9.82. The van der Waals surface area contributed by atoms with Crippen LogP contribution in [0.15, 0.2) is 42.5 Å². The molecule has 0 aromatic heterocycles. The molecular formula is C15H15NO3. The van der Waals surface area contributed by atoms with Crippen LogP contribution < -0.4 is 5.32 Å². The molecule has 1 aromatic carbocycles. The van der Waals surface area contributed by atoms with Crippen molar-refractivity contribution < 1.29 is 14.7 Å². The van der Waals surface area contributed by atoms with Gasteiger partial charge in [0.2, 0.25) is 5.91 Å². The summed E-state index contributed by atoms with van der Waals surface area (Å²) in [6.45, 7) is 0. The first kappa shape index (κ1) is 12.0. The maximum atomic E-state index is 12.3. The van der Waals surface area contributed by atoms with Crippen LogP contribution in [0.5, 0.6) is 0 Å². The third-order valence-corrected chi connectivity index (χ3v) is 4.09. The van der Waals surface area contributed by atoms with Crippen LogP contribution in [-0.4, -0.2) is 17.0 Å². The van der Waals surface area contributed by atoms with Gasteiger partial charge in [0.15, 0.2) is 0 Å². The number of allylic oxidation sites excluding steroid dienone is 2. The Morgan fingerprint density at radius 3 is 2.32 bits per heavy atom. The molecule has 2 aliphatic rings. The van der Waals surface area contributed by atoms with Gasteiger partial charge in [-0.05, 0) is 30.4 Å². The average molecular weight is 257 g/mol. The molecule has 0 aliphatic heterocycles. The number of carboxylic acids is 1. The summed E-state index contributed by atoms with van der Waals surface area (Å²) in [5.41, 5.74) is 0.711. The number of fused-ring (bicyclic) bond motifs is 2. The van der Waals surface area contributed by atoms with Crippen molar-refractivity contribution in [3.63, 3.8) is 0 Å². The Balaban J connectivity index is 1.79. The van der Waals surface area contributed by atoms with Crippen molar-refractivity contribution in [2.75, 3.05) is 5.32 Å². The fourth-order valence-corrected chi connectivity index (χ4v) is 3.26. The summed E-state index contributed by atoms with van der Waals surface area (Å²) in [6, 6.07) is 9.15. The van der Waals surface area contributed by atoms with Crippen LogP contribution in [0.25, 0.3) is 0 Å². The molecule has 1 saturated carbocycles. The standard InChI is InChI=1S/C15H15NO3/c17-14(16-11-4-2-1-3-5-11)12-9-6-7-10(8-9)13(12)15(18)19/h1-7,9-10,12-13H,8H2,(H,16,17)(H,18,19)/t9-,10-,12+,13-/m0/s1. The van der Waals surface area contributed by atoms with Gasteiger partial charge in [-0.2, -0.15) is 0 Å². The highest BCUT2D eigenvalue weighted by Crippen LogP contribution is 2.48. The maximum Gasteiger partial charge on any atom is 0.307 e. The predicted octanol–water partition coefficient (Wildman–Crippen LogP) is 2.15. The monoisotopic (exact) mass is 257 g/mol. The Hall–Kier alpha value is -2.10. The fraction of sp³-hybridized carbons (Fsp3) is 0.333. The zero-order valence-corrected chi connectivity index (χ0v) is 10.3. The number of carbonyl (C=O) groups excluding carboxylic acids is 1. The van der Waals surface area contributed by atoms with E-state index in [1.54, 1.807) is 12.1 Å². The predicted molar refractivity (Wildman–Crippen MR) is 70.4 cm³/mol. The molecule has 98 valence electrons. The molecule has 0 heterocycles. The van der Waals surface area contributed by atoms with E-state index in [0.717, 1.165) is 6.42 Å². The van der Waals surface area contributed by atoms with Crippen molar-refractivity contribution in [2.45, 2.75) is 6.42 Å². The Morgan fingerprint density at radius 2 is 1.68 bits per heavy atom. The van der Waals surface area contributed by atoms with Crippen molar-refractivity contribution in [3.8, 4) is 0 Å². The minimum Gasteiger partial charge on any atom is -0.481 e. The van der Waals surface area contributed by atoms with Gasteiger partial charge in [0.25, 0.3) is 0 Å². The van der Waals surface area contributed by atoms with E-state index in [0.29, 0.717) is 5.69 Å². The molecule has 4 atom stereocenters. The molecule has 4 heteroatoms. The van der Waals surface area contributed by atoms with Crippen molar-refractivity contribution in [1.82, 2.24) is 0 Å². The van der Waals surface area contributed by atoms with Gasteiger partial charge in [0.05, 0.1) is 11.8 Å². The van der Waals surface area contributed by atoms with Gasteiger partial charge in [-0.3, -0.25) is 9.59 Å². The smallest absolute Gasteiger partial charge is 0.307 e.